The number of rotatable bonds is 1. The fraction of sp³-hybridized carbons (Fsp3) is 0.233. The van der Waals surface area contributed by atoms with Gasteiger partial charge in [-0.1, -0.05) is 56.2 Å². The van der Waals surface area contributed by atoms with Gasteiger partial charge in [-0.15, -0.1) is 0 Å². The van der Waals surface area contributed by atoms with Gasteiger partial charge in [0.15, 0.2) is 6.20 Å². The molecule has 0 fully saturated rings. The molecular weight excluding hydrogens is 390 g/mol. The lowest BCUT2D eigenvalue weighted by Gasteiger charge is -2.21. The second-order valence-electron chi connectivity index (χ2n) is 8.49. The van der Waals surface area contributed by atoms with Crippen molar-refractivity contribution in [2.45, 2.75) is 39.7 Å². The first-order valence-corrected chi connectivity index (χ1v) is 10.4. The average Bonchev–Trinajstić information content (AvgIpc) is 3.41. The first-order valence-electron chi connectivity index (χ1n) is 16.4. The van der Waals surface area contributed by atoms with Crippen LogP contribution in [0.2, 0.25) is 0 Å². The number of fused-ring (bicyclic) bond motifs is 7. The van der Waals surface area contributed by atoms with E-state index in [2.05, 4.69) is 0 Å². The molecule has 0 saturated carbocycles. The maximum Gasteiger partial charge on any atom is 0.216 e. The number of hydrogen-bond donors (Lipinski definition) is 0. The number of aryl methyl sites for hydroxylation is 4. The van der Waals surface area contributed by atoms with Crippen LogP contribution in [-0.2, 0) is 12.5 Å². The Morgan fingerprint density at radius 2 is 1.62 bits per heavy atom. The van der Waals surface area contributed by atoms with E-state index in [1.54, 1.807) is 56.4 Å². The summed E-state index contributed by atoms with van der Waals surface area (Å²) in [6.45, 7) is -9.59. The van der Waals surface area contributed by atoms with Gasteiger partial charge in [0.05, 0.1) is 5.56 Å². The van der Waals surface area contributed by atoms with Crippen LogP contribution in [0, 0.1) is 20.6 Å². The molecule has 158 valence electrons. The molecule has 1 aliphatic rings. The molecule has 0 atom stereocenters. The van der Waals surface area contributed by atoms with E-state index in [0.29, 0.717) is 44.3 Å². The quantitative estimate of drug-likeness (QED) is 0.255. The lowest BCUT2D eigenvalue weighted by Crippen LogP contribution is -2.31. The van der Waals surface area contributed by atoms with Gasteiger partial charge in [-0.05, 0) is 54.5 Å². The summed E-state index contributed by atoms with van der Waals surface area (Å²) < 4.78 is 108. The van der Waals surface area contributed by atoms with Crippen LogP contribution in [-0.4, -0.2) is 0 Å². The normalized spacial score (nSPS) is 21.3. The zero-order valence-corrected chi connectivity index (χ0v) is 17.6. The van der Waals surface area contributed by atoms with Gasteiger partial charge in [-0.25, -0.2) is 4.57 Å². The lowest BCUT2D eigenvalue weighted by atomic mass is 9.82. The van der Waals surface area contributed by atoms with E-state index in [1.165, 1.54) is 16.8 Å². The van der Waals surface area contributed by atoms with Crippen LogP contribution in [0.5, 0.6) is 0 Å². The van der Waals surface area contributed by atoms with E-state index in [0.717, 1.165) is 0 Å². The molecule has 3 aromatic carbocycles. The summed E-state index contributed by atoms with van der Waals surface area (Å²) in [4.78, 5) is 0. The van der Waals surface area contributed by atoms with Gasteiger partial charge in [0.1, 0.15) is 18.2 Å². The van der Waals surface area contributed by atoms with Crippen molar-refractivity contribution in [3.8, 4) is 22.4 Å². The SMILES string of the molecule is [2H]C([2H])([2H])c1cc(-c2c(C)ccc3c2oc2c4c(ccc23)-c2ccccc2C4(C([2H])([2H])[2H])C([2H])([2H])[2H])[n+](C)cc1C([2H])([2H])[2H]. The maximum absolute atomic E-state index is 8.62. The summed E-state index contributed by atoms with van der Waals surface area (Å²) in [7, 11) is 1.61. The average molecular weight is 431 g/mol. The fourth-order valence-corrected chi connectivity index (χ4v) is 4.99. The molecule has 6 rings (SSSR count). The molecule has 0 N–H and O–H groups in total. The Bertz CT molecular complexity index is 1980. The molecule has 0 radical (unpaired) electrons. The molecule has 2 heterocycles. The van der Waals surface area contributed by atoms with Crippen LogP contribution in [0.1, 0.15) is 58.0 Å². The highest BCUT2D eigenvalue weighted by atomic mass is 16.3. The van der Waals surface area contributed by atoms with E-state index in [1.807, 2.05) is 6.07 Å². The smallest absolute Gasteiger partial charge is 0.216 e. The highest BCUT2D eigenvalue weighted by molar-refractivity contribution is 6.12. The van der Waals surface area contributed by atoms with E-state index in [-0.39, 0.29) is 27.8 Å². The monoisotopic (exact) mass is 430 g/mol. The van der Waals surface area contributed by atoms with E-state index < -0.39 is 32.8 Å². The van der Waals surface area contributed by atoms with Crippen molar-refractivity contribution in [1.82, 2.24) is 0 Å². The number of furan rings is 1. The summed E-state index contributed by atoms with van der Waals surface area (Å²) >= 11 is 0. The van der Waals surface area contributed by atoms with Gasteiger partial charge in [0.25, 0.3) is 0 Å². The van der Waals surface area contributed by atoms with E-state index in [4.69, 9.17) is 20.9 Å². The first kappa shape index (κ1) is 10.5. The molecule has 32 heavy (non-hydrogen) atoms. The molecule has 0 bridgehead atoms. The van der Waals surface area contributed by atoms with Gasteiger partial charge >= 0.3 is 0 Å². The van der Waals surface area contributed by atoms with Crippen molar-refractivity contribution in [3.63, 3.8) is 0 Å². The molecule has 5 aromatic rings. The fourth-order valence-electron chi connectivity index (χ4n) is 4.99. The van der Waals surface area contributed by atoms with E-state index >= 15 is 0 Å². The highest BCUT2D eigenvalue weighted by Crippen LogP contribution is 2.52. The minimum Gasteiger partial charge on any atom is -0.455 e. The third-order valence-electron chi connectivity index (χ3n) is 6.54. The molecule has 0 unspecified atom stereocenters. The minimum absolute atomic E-state index is 0.0568. The zero-order valence-electron chi connectivity index (χ0n) is 29.6. The molecule has 1 aliphatic carbocycles. The molecule has 2 aromatic heterocycles. The Balaban J connectivity index is 1.76. The first-order chi connectivity index (χ1) is 20.2. The van der Waals surface area contributed by atoms with Crippen LogP contribution in [0.4, 0.5) is 0 Å². The molecule has 0 spiro atoms. The molecule has 2 nitrogen and oxygen atoms in total. The van der Waals surface area contributed by atoms with Gasteiger partial charge < -0.3 is 4.42 Å². The third kappa shape index (κ3) is 2.38. The second kappa shape index (κ2) is 6.32. The van der Waals surface area contributed by atoms with Crippen molar-refractivity contribution >= 4 is 21.9 Å². The highest BCUT2D eigenvalue weighted by Gasteiger charge is 2.38. The lowest BCUT2D eigenvalue weighted by molar-refractivity contribution is -0.660. The van der Waals surface area contributed by atoms with E-state index in [9.17, 15) is 0 Å². The number of pyridine rings is 1. The molecular formula is C30H28NO+. The van der Waals surface area contributed by atoms with Crippen molar-refractivity contribution in [1.29, 1.82) is 0 Å². The summed E-state index contributed by atoms with van der Waals surface area (Å²) in [6, 6.07) is 15.0. The standard InChI is InChI=1S/C30H28NO/c1-17-11-12-22-23-14-13-21-20-9-7-8-10-24(20)30(4,5)27(21)29(23)32-28(22)26(17)25-15-18(2)19(3)16-31(25)6/h7-16H,1-6H3/q+1/i2D3,3D3,4D3,5D3. The van der Waals surface area contributed by atoms with Crippen molar-refractivity contribution in [2.75, 3.05) is 0 Å². The van der Waals surface area contributed by atoms with Crippen molar-refractivity contribution in [3.05, 3.63) is 88.6 Å². The van der Waals surface area contributed by atoms with Crippen LogP contribution in [0.3, 0.4) is 0 Å². The van der Waals surface area contributed by atoms with Crippen molar-refractivity contribution < 1.29 is 25.4 Å². The Hall–Kier alpha value is -3.39. The van der Waals surface area contributed by atoms with Gasteiger partial charge in [-0.2, -0.15) is 0 Å². The van der Waals surface area contributed by atoms with Crippen LogP contribution >= 0.6 is 0 Å². The summed E-state index contributed by atoms with van der Waals surface area (Å²) in [5.41, 5.74) is 0.121. The Kier molecular flexibility index (Phi) is 2.07. The van der Waals surface area contributed by atoms with Gasteiger partial charge in [0, 0.05) is 49.8 Å². The number of hydrogen-bond acceptors (Lipinski definition) is 1. The number of nitrogens with zero attached hydrogens (tertiary/aromatic N) is 1. The van der Waals surface area contributed by atoms with Crippen LogP contribution in [0.25, 0.3) is 44.3 Å². The largest absolute Gasteiger partial charge is 0.455 e. The van der Waals surface area contributed by atoms with Gasteiger partial charge in [0.2, 0.25) is 5.69 Å². The van der Waals surface area contributed by atoms with Crippen LogP contribution in [0.15, 0.2) is 65.2 Å². The predicted molar refractivity (Wildman–Crippen MR) is 132 cm³/mol. The molecule has 2 heteroatoms. The molecule has 0 saturated heterocycles. The molecule has 0 aliphatic heterocycles. The summed E-state index contributed by atoms with van der Waals surface area (Å²) in [6.07, 6.45) is 1.29. The Labute approximate surface area is 206 Å². The second-order valence-corrected chi connectivity index (χ2v) is 8.49. The Morgan fingerprint density at radius 1 is 0.844 bits per heavy atom. The van der Waals surface area contributed by atoms with Crippen LogP contribution < -0.4 is 4.57 Å². The number of aromatic nitrogens is 1. The number of benzene rings is 3. The zero-order chi connectivity index (χ0) is 32.4. The molecule has 0 amide bonds. The topological polar surface area (TPSA) is 17.0 Å². The van der Waals surface area contributed by atoms with Crippen molar-refractivity contribution in [2.24, 2.45) is 7.05 Å². The minimum atomic E-state index is -2.99. The third-order valence-corrected chi connectivity index (χ3v) is 6.54. The predicted octanol–water partition coefficient (Wildman–Crippen LogP) is 7.31. The summed E-state index contributed by atoms with van der Waals surface area (Å²) in [5.74, 6) is 0. The maximum atomic E-state index is 8.62. The Morgan fingerprint density at radius 3 is 2.44 bits per heavy atom. The van der Waals surface area contributed by atoms with Gasteiger partial charge in [-0.3, -0.25) is 0 Å². The summed E-state index contributed by atoms with van der Waals surface area (Å²) in [5, 5.41) is 1.07.